The standard InChI is InChI=1S/C12H13IN2O/c1-14-11-6-8(7-16-2)15-12-9(11)4-3-5-10(12)13/h3-6H,7H2,1-2H3,(H,14,15). The van der Waals surface area contributed by atoms with Crippen molar-refractivity contribution in [3.05, 3.63) is 33.5 Å². The van der Waals surface area contributed by atoms with Crippen molar-refractivity contribution in [3.63, 3.8) is 0 Å². The lowest BCUT2D eigenvalue weighted by Crippen LogP contribution is -1.98. The maximum absolute atomic E-state index is 5.12. The smallest absolute Gasteiger partial charge is 0.0885 e. The number of ether oxygens (including phenoxy) is 1. The van der Waals surface area contributed by atoms with Gasteiger partial charge in [-0.3, -0.25) is 0 Å². The number of hydrogen-bond acceptors (Lipinski definition) is 3. The number of methoxy groups -OCH3 is 1. The predicted octanol–water partition coefficient (Wildman–Crippen LogP) is 3.03. The summed E-state index contributed by atoms with van der Waals surface area (Å²) in [5.74, 6) is 0. The lowest BCUT2D eigenvalue weighted by molar-refractivity contribution is 0.182. The summed E-state index contributed by atoms with van der Waals surface area (Å²) in [6.07, 6.45) is 0. The van der Waals surface area contributed by atoms with Gasteiger partial charge in [-0.25, -0.2) is 4.98 Å². The molecular formula is C12H13IN2O. The number of rotatable bonds is 3. The van der Waals surface area contributed by atoms with Crippen molar-refractivity contribution in [1.82, 2.24) is 4.98 Å². The number of benzene rings is 1. The Kier molecular flexibility index (Phi) is 3.60. The molecule has 0 saturated heterocycles. The van der Waals surface area contributed by atoms with Crippen LogP contribution in [0.15, 0.2) is 24.3 Å². The SMILES string of the molecule is CNc1cc(COC)nc2c(I)cccc12. The Morgan fingerprint density at radius 1 is 1.44 bits per heavy atom. The van der Waals surface area contributed by atoms with Crippen LogP contribution in [0.2, 0.25) is 0 Å². The van der Waals surface area contributed by atoms with Crippen LogP contribution in [0.4, 0.5) is 5.69 Å². The molecular weight excluding hydrogens is 315 g/mol. The first-order valence-electron chi connectivity index (χ1n) is 5.01. The lowest BCUT2D eigenvalue weighted by atomic mass is 10.1. The van der Waals surface area contributed by atoms with Gasteiger partial charge in [-0.2, -0.15) is 0 Å². The summed E-state index contributed by atoms with van der Waals surface area (Å²) in [6.45, 7) is 0.537. The van der Waals surface area contributed by atoms with Crippen molar-refractivity contribution in [1.29, 1.82) is 0 Å². The Morgan fingerprint density at radius 3 is 2.94 bits per heavy atom. The van der Waals surface area contributed by atoms with Crippen molar-refractivity contribution in [3.8, 4) is 0 Å². The summed E-state index contributed by atoms with van der Waals surface area (Å²) in [4.78, 5) is 4.60. The molecule has 0 fully saturated rings. The Balaban J connectivity index is 2.69. The molecule has 4 heteroatoms. The molecule has 0 radical (unpaired) electrons. The van der Waals surface area contributed by atoms with Crippen molar-refractivity contribution in [2.45, 2.75) is 6.61 Å². The van der Waals surface area contributed by atoms with Crippen LogP contribution in [0.25, 0.3) is 10.9 Å². The average Bonchev–Trinajstić information content (AvgIpc) is 2.30. The second-order valence-corrected chi connectivity index (χ2v) is 4.64. The minimum Gasteiger partial charge on any atom is -0.388 e. The zero-order valence-electron chi connectivity index (χ0n) is 9.25. The van der Waals surface area contributed by atoms with Gasteiger partial charge in [-0.05, 0) is 34.7 Å². The van der Waals surface area contributed by atoms with E-state index in [0.717, 1.165) is 25.9 Å². The molecule has 2 rings (SSSR count). The van der Waals surface area contributed by atoms with Gasteiger partial charge in [-0.15, -0.1) is 0 Å². The topological polar surface area (TPSA) is 34.1 Å². The molecule has 16 heavy (non-hydrogen) atoms. The van der Waals surface area contributed by atoms with Crippen LogP contribution in [0.1, 0.15) is 5.69 Å². The monoisotopic (exact) mass is 328 g/mol. The van der Waals surface area contributed by atoms with Gasteiger partial charge in [-0.1, -0.05) is 12.1 Å². The van der Waals surface area contributed by atoms with Crippen LogP contribution in [0, 0.1) is 3.57 Å². The van der Waals surface area contributed by atoms with E-state index in [1.807, 2.05) is 19.2 Å². The molecule has 1 aromatic heterocycles. The van der Waals surface area contributed by atoms with E-state index in [2.05, 4.69) is 45.0 Å². The highest BCUT2D eigenvalue weighted by Gasteiger charge is 2.06. The van der Waals surface area contributed by atoms with Crippen LogP contribution in [-0.4, -0.2) is 19.1 Å². The third-order valence-electron chi connectivity index (χ3n) is 2.40. The van der Waals surface area contributed by atoms with E-state index in [1.54, 1.807) is 7.11 Å². The molecule has 0 aliphatic carbocycles. The van der Waals surface area contributed by atoms with Crippen LogP contribution < -0.4 is 5.32 Å². The Morgan fingerprint density at radius 2 is 2.25 bits per heavy atom. The van der Waals surface area contributed by atoms with Crippen molar-refractivity contribution < 1.29 is 4.74 Å². The van der Waals surface area contributed by atoms with E-state index in [-0.39, 0.29) is 0 Å². The van der Waals surface area contributed by atoms with E-state index in [0.29, 0.717) is 6.61 Å². The molecule has 0 spiro atoms. The largest absolute Gasteiger partial charge is 0.388 e. The molecule has 0 aliphatic heterocycles. The zero-order valence-corrected chi connectivity index (χ0v) is 11.4. The summed E-state index contributed by atoms with van der Waals surface area (Å²) in [7, 11) is 3.60. The number of fused-ring (bicyclic) bond motifs is 1. The number of aromatic nitrogens is 1. The highest BCUT2D eigenvalue weighted by Crippen LogP contribution is 2.26. The Bertz CT molecular complexity index is 514. The van der Waals surface area contributed by atoms with Gasteiger partial charge in [0, 0.05) is 28.8 Å². The van der Waals surface area contributed by atoms with Crippen LogP contribution >= 0.6 is 22.6 Å². The molecule has 0 atom stereocenters. The molecule has 3 nitrogen and oxygen atoms in total. The first-order chi connectivity index (χ1) is 7.76. The van der Waals surface area contributed by atoms with Crippen LogP contribution in [0.3, 0.4) is 0 Å². The average molecular weight is 328 g/mol. The lowest BCUT2D eigenvalue weighted by Gasteiger charge is -2.09. The van der Waals surface area contributed by atoms with E-state index in [9.17, 15) is 0 Å². The minimum absolute atomic E-state index is 0.537. The number of nitrogens with zero attached hydrogens (tertiary/aromatic N) is 1. The maximum Gasteiger partial charge on any atom is 0.0885 e. The van der Waals surface area contributed by atoms with Crippen molar-refractivity contribution in [2.24, 2.45) is 0 Å². The number of nitrogens with one attached hydrogen (secondary N) is 1. The van der Waals surface area contributed by atoms with Gasteiger partial charge in [0.2, 0.25) is 0 Å². The maximum atomic E-state index is 5.12. The molecule has 0 unspecified atom stereocenters. The molecule has 1 N–H and O–H groups in total. The fourth-order valence-corrected chi connectivity index (χ4v) is 2.31. The van der Waals surface area contributed by atoms with E-state index in [1.165, 1.54) is 0 Å². The number of para-hydroxylation sites is 1. The van der Waals surface area contributed by atoms with Gasteiger partial charge in [0.15, 0.2) is 0 Å². The molecule has 1 heterocycles. The quantitative estimate of drug-likeness (QED) is 0.880. The predicted molar refractivity (Wildman–Crippen MR) is 74.7 cm³/mol. The first kappa shape index (κ1) is 11.6. The van der Waals surface area contributed by atoms with Gasteiger partial charge < -0.3 is 10.1 Å². The third-order valence-corrected chi connectivity index (χ3v) is 3.28. The fourth-order valence-electron chi connectivity index (χ4n) is 1.70. The molecule has 0 saturated carbocycles. The van der Waals surface area contributed by atoms with Crippen molar-refractivity contribution >= 4 is 39.2 Å². The Hall–Kier alpha value is -0.880. The first-order valence-corrected chi connectivity index (χ1v) is 6.09. The van der Waals surface area contributed by atoms with E-state index < -0.39 is 0 Å². The summed E-state index contributed by atoms with van der Waals surface area (Å²) >= 11 is 2.31. The molecule has 0 bridgehead atoms. The number of halogens is 1. The van der Waals surface area contributed by atoms with E-state index >= 15 is 0 Å². The van der Waals surface area contributed by atoms with Crippen molar-refractivity contribution in [2.75, 3.05) is 19.5 Å². The molecule has 2 aromatic rings. The number of anilines is 1. The van der Waals surface area contributed by atoms with Crippen LogP contribution in [0.5, 0.6) is 0 Å². The second-order valence-electron chi connectivity index (χ2n) is 3.48. The van der Waals surface area contributed by atoms with E-state index in [4.69, 9.17) is 4.74 Å². The highest BCUT2D eigenvalue weighted by atomic mass is 127. The number of hydrogen-bond donors (Lipinski definition) is 1. The normalized spacial score (nSPS) is 10.7. The molecule has 0 amide bonds. The second kappa shape index (κ2) is 4.97. The minimum atomic E-state index is 0.537. The number of pyridine rings is 1. The summed E-state index contributed by atoms with van der Waals surface area (Å²) in [5.41, 5.74) is 3.07. The summed E-state index contributed by atoms with van der Waals surface area (Å²) in [6, 6.07) is 8.21. The van der Waals surface area contributed by atoms with Crippen LogP contribution in [-0.2, 0) is 11.3 Å². The third kappa shape index (κ3) is 2.12. The fraction of sp³-hybridized carbons (Fsp3) is 0.250. The molecule has 1 aromatic carbocycles. The highest BCUT2D eigenvalue weighted by molar-refractivity contribution is 14.1. The summed E-state index contributed by atoms with van der Waals surface area (Å²) < 4.78 is 6.28. The van der Waals surface area contributed by atoms with Gasteiger partial charge in [0.25, 0.3) is 0 Å². The van der Waals surface area contributed by atoms with Gasteiger partial charge >= 0.3 is 0 Å². The molecule has 0 aliphatic rings. The summed E-state index contributed by atoms with van der Waals surface area (Å²) in [5, 5.41) is 4.34. The molecule has 84 valence electrons. The zero-order chi connectivity index (χ0) is 11.5. The van der Waals surface area contributed by atoms with Gasteiger partial charge in [0.1, 0.15) is 0 Å². The van der Waals surface area contributed by atoms with Gasteiger partial charge in [0.05, 0.1) is 17.8 Å². The Labute approximate surface area is 108 Å².